The minimum Gasteiger partial charge on any atom is -0.313 e. The fourth-order valence-electron chi connectivity index (χ4n) is 2.39. The zero-order valence-electron chi connectivity index (χ0n) is 12.4. The predicted octanol–water partition coefficient (Wildman–Crippen LogP) is 2.91. The van der Waals surface area contributed by atoms with Gasteiger partial charge in [0.2, 0.25) is 0 Å². The highest BCUT2D eigenvalue weighted by Gasteiger charge is 2.17. The van der Waals surface area contributed by atoms with E-state index in [1.54, 1.807) is 11.3 Å². The summed E-state index contributed by atoms with van der Waals surface area (Å²) in [4.78, 5) is 4.55. The van der Waals surface area contributed by atoms with Crippen molar-refractivity contribution in [2.24, 2.45) is 7.05 Å². The van der Waals surface area contributed by atoms with Crippen LogP contribution < -0.4 is 5.32 Å². The summed E-state index contributed by atoms with van der Waals surface area (Å²) in [5.41, 5.74) is 3.12. The van der Waals surface area contributed by atoms with Crippen LogP contribution in [0.2, 0.25) is 5.02 Å². The minimum absolute atomic E-state index is 0.328. The Kier molecular flexibility index (Phi) is 5.18. The van der Waals surface area contributed by atoms with E-state index in [2.05, 4.69) is 27.7 Å². The lowest BCUT2D eigenvalue weighted by atomic mass is 10.1. The summed E-state index contributed by atoms with van der Waals surface area (Å²) in [7, 11) is 1.95. The van der Waals surface area contributed by atoms with E-state index in [-0.39, 0.29) is 0 Å². The van der Waals surface area contributed by atoms with E-state index in [4.69, 9.17) is 11.6 Å². The number of rotatable bonds is 6. The molecule has 0 radical (unpaired) electrons. The van der Waals surface area contributed by atoms with Gasteiger partial charge in [0.1, 0.15) is 0 Å². The molecule has 2 heterocycles. The molecule has 0 aliphatic heterocycles. The molecule has 0 amide bonds. The van der Waals surface area contributed by atoms with Gasteiger partial charge in [-0.3, -0.25) is 4.68 Å². The topological polar surface area (TPSA) is 42.7 Å². The molecule has 0 aliphatic carbocycles. The number of hydrogen-bond acceptors (Lipinski definition) is 4. The summed E-state index contributed by atoms with van der Waals surface area (Å²) in [5.74, 6) is 0. The molecule has 0 fully saturated rings. The van der Waals surface area contributed by atoms with Gasteiger partial charge in [0.05, 0.1) is 27.1 Å². The van der Waals surface area contributed by atoms with Gasteiger partial charge in [-0.25, -0.2) is 4.98 Å². The van der Waals surface area contributed by atoms with Crippen molar-refractivity contribution in [2.75, 3.05) is 6.54 Å². The van der Waals surface area contributed by atoms with Crippen LogP contribution in [0.3, 0.4) is 0 Å². The molecule has 20 heavy (non-hydrogen) atoms. The fraction of sp³-hybridized carbons (Fsp3) is 0.571. The second kappa shape index (κ2) is 6.70. The van der Waals surface area contributed by atoms with Crippen LogP contribution >= 0.6 is 22.9 Å². The first-order valence-electron chi connectivity index (χ1n) is 6.83. The Hall–Kier alpha value is -0.910. The first-order valence-corrected chi connectivity index (χ1v) is 8.09. The van der Waals surface area contributed by atoms with Crippen LogP contribution in [0.5, 0.6) is 0 Å². The van der Waals surface area contributed by atoms with E-state index in [0.29, 0.717) is 6.04 Å². The van der Waals surface area contributed by atoms with E-state index >= 15 is 0 Å². The van der Waals surface area contributed by atoms with Gasteiger partial charge in [-0.2, -0.15) is 5.10 Å². The number of aromatic nitrogens is 3. The van der Waals surface area contributed by atoms with Crippen molar-refractivity contribution in [1.82, 2.24) is 20.1 Å². The zero-order chi connectivity index (χ0) is 14.7. The second-order valence-electron chi connectivity index (χ2n) is 4.99. The number of nitrogens with one attached hydrogen (secondary N) is 1. The maximum atomic E-state index is 6.34. The third kappa shape index (κ3) is 3.59. The lowest BCUT2D eigenvalue weighted by Gasteiger charge is -2.17. The largest absolute Gasteiger partial charge is 0.313 e. The highest BCUT2D eigenvalue weighted by molar-refractivity contribution is 7.09. The summed E-state index contributed by atoms with van der Waals surface area (Å²) in [6, 6.07) is 0.328. The van der Waals surface area contributed by atoms with Crippen LogP contribution in [0.1, 0.15) is 29.0 Å². The maximum Gasteiger partial charge on any atom is 0.0897 e. The van der Waals surface area contributed by atoms with Crippen LogP contribution in [0, 0.1) is 13.8 Å². The molecule has 1 atom stereocenters. The van der Waals surface area contributed by atoms with Gasteiger partial charge >= 0.3 is 0 Å². The van der Waals surface area contributed by atoms with Crippen molar-refractivity contribution in [3.05, 3.63) is 32.5 Å². The molecule has 2 aromatic rings. The Bertz CT molecular complexity index is 576. The third-order valence-corrected chi connectivity index (χ3v) is 4.63. The lowest BCUT2D eigenvalue weighted by molar-refractivity contribution is 0.501. The number of hydrogen-bond donors (Lipinski definition) is 1. The van der Waals surface area contributed by atoms with E-state index in [1.807, 2.05) is 25.6 Å². The lowest BCUT2D eigenvalue weighted by Crippen LogP contribution is -2.33. The van der Waals surface area contributed by atoms with E-state index in [9.17, 15) is 0 Å². The smallest absolute Gasteiger partial charge is 0.0897 e. The molecule has 110 valence electrons. The van der Waals surface area contributed by atoms with Gasteiger partial charge in [0.15, 0.2) is 0 Å². The summed E-state index contributed by atoms with van der Waals surface area (Å²) in [6.07, 6.45) is 1.78. The molecule has 6 heteroatoms. The zero-order valence-corrected chi connectivity index (χ0v) is 14.0. The monoisotopic (exact) mass is 312 g/mol. The van der Waals surface area contributed by atoms with Gasteiger partial charge in [-0.1, -0.05) is 18.5 Å². The summed E-state index contributed by atoms with van der Waals surface area (Å²) >= 11 is 8.04. The number of likely N-dealkylation sites (N-methyl/N-ethyl adjacent to an activating group) is 1. The maximum absolute atomic E-state index is 6.34. The van der Waals surface area contributed by atoms with Crippen molar-refractivity contribution < 1.29 is 0 Å². The third-order valence-electron chi connectivity index (χ3n) is 3.32. The average Bonchev–Trinajstić information content (AvgIpc) is 2.89. The summed E-state index contributed by atoms with van der Waals surface area (Å²) in [5, 5.41) is 11.9. The Balaban J connectivity index is 2.12. The van der Waals surface area contributed by atoms with Crippen LogP contribution in [0.25, 0.3) is 0 Å². The van der Waals surface area contributed by atoms with Gasteiger partial charge in [-0.15, -0.1) is 11.3 Å². The standard InChI is InChI=1S/C14H21ClN4S/c1-5-16-11(6-12-8-20-10(3)17-12)7-13-14(15)9(2)18-19(13)4/h8,11,16H,5-7H2,1-4H3. The SMILES string of the molecule is CCNC(Cc1csc(C)n1)Cc1c(Cl)c(C)nn1C. The predicted molar refractivity (Wildman–Crippen MR) is 84.7 cm³/mol. The molecule has 1 N–H and O–H groups in total. The molecule has 0 saturated heterocycles. The van der Waals surface area contributed by atoms with Crippen LogP contribution in [-0.2, 0) is 19.9 Å². The molecule has 0 bridgehead atoms. The summed E-state index contributed by atoms with van der Waals surface area (Å²) < 4.78 is 1.88. The Morgan fingerprint density at radius 3 is 2.65 bits per heavy atom. The van der Waals surface area contributed by atoms with Crippen molar-refractivity contribution in [3.63, 3.8) is 0 Å². The highest BCUT2D eigenvalue weighted by Crippen LogP contribution is 2.22. The molecule has 4 nitrogen and oxygen atoms in total. The van der Waals surface area contributed by atoms with Crippen LogP contribution in [0.15, 0.2) is 5.38 Å². The number of thiazole rings is 1. The van der Waals surface area contributed by atoms with Crippen molar-refractivity contribution in [2.45, 2.75) is 39.7 Å². The van der Waals surface area contributed by atoms with Gasteiger partial charge < -0.3 is 5.32 Å². The summed E-state index contributed by atoms with van der Waals surface area (Å²) in [6.45, 7) is 7.04. The van der Waals surface area contributed by atoms with E-state index < -0.39 is 0 Å². The molecule has 0 saturated carbocycles. The quantitative estimate of drug-likeness (QED) is 0.892. The Labute approximate surface area is 129 Å². The van der Waals surface area contributed by atoms with Gasteiger partial charge in [0.25, 0.3) is 0 Å². The van der Waals surface area contributed by atoms with Gasteiger partial charge in [0, 0.05) is 31.3 Å². The average molecular weight is 313 g/mol. The van der Waals surface area contributed by atoms with Crippen molar-refractivity contribution in [1.29, 1.82) is 0 Å². The first-order chi connectivity index (χ1) is 9.51. The fourth-order valence-corrected chi connectivity index (χ4v) is 3.26. The van der Waals surface area contributed by atoms with Crippen molar-refractivity contribution >= 4 is 22.9 Å². The first kappa shape index (κ1) is 15.5. The van der Waals surface area contributed by atoms with Crippen LogP contribution in [-0.4, -0.2) is 27.4 Å². The Morgan fingerprint density at radius 2 is 2.15 bits per heavy atom. The van der Waals surface area contributed by atoms with E-state index in [1.165, 1.54) is 0 Å². The molecule has 0 aliphatic rings. The van der Waals surface area contributed by atoms with E-state index in [0.717, 1.165) is 46.5 Å². The molecule has 1 unspecified atom stereocenters. The van der Waals surface area contributed by atoms with Gasteiger partial charge in [-0.05, 0) is 20.4 Å². The molecular formula is C14H21ClN4S. The number of nitrogens with zero attached hydrogens (tertiary/aromatic N) is 3. The normalized spacial score (nSPS) is 12.8. The molecule has 0 aromatic carbocycles. The number of halogens is 1. The highest BCUT2D eigenvalue weighted by atomic mass is 35.5. The van der Waals surface area contributed by atoms with Crippen molar-refractivity contribution in [3.8, 4) is 0 Å². The minimum atomic E-state index is 0.328. The molecular weight excluding hydrogens is 292 g/mol. The van der Waals surface area contributed by atoms with Crippen LogP contribution in [0.4, 0.5) is 0 Å². The molecule has 0 spiro atoms. The number of aryl methyl sites for hydroxylation is 3. The second-order valence-corrected chi connectivity index (χ2v) is 6.43. The molecule has 2 rings (SSSR count). The molecule has 2 aromatic heterocycles. The Morgan fingerprint density at radius 1 is 1.40 bits per heavy atom.